The molecule has 3 aromatic heterocycles. The van der Waals surface area contributed by atoms with Gasteiger partial charge >= 0.3 is 6.18 Å². The molecule has 1 radical (unpaired) electrons. The molecule has 241 valence electrons. The molecule has 0 saturated carbocycles. The number of aromatic nitrogens is 4. The topological polar surface area (TPSA) is 59.3 Å². The molecule has 47 heavy (non-hydrogen) atoms. The quantitative estimate of drug-likeness (QED) is 0.132. The molecule has 0 fully saturated rings. The van der Waals surface area contributed by atoms with E-state index in [9.17, 15) is 22.0 Å². The van der Waals surface area contributed by atoms with E-state index in [1.165, 1.54) is 0 Å². The molecule has 3 aromatic carbocycles. The van der Waals surface area contributed by atoms with Crippen molar-refractivity contribution in [3.05, 3.63) is 139 Å². The SMILES string of the molecule is Cc1cc(-c2[c-]cc(F)cc2F)nc(N2C=CN(C)[CH-]2)c1.FC(F)(F)c1cc(-c2cccc(-c3[c-]ccc4ccccc34)n2)[n-]n1.[Ir]. The molecule has 4 heterocycles. The van der Waals surface area contributed by atoms with Crippen LogP contribution in [0, 0.1) is 37.4 Å². The Morgan fingerprint density at radius 2 is 1.62 bits per heavy atom. The van der Waals surface area contributed by atoms with Gasteiger partial charge in [0.25, 0.3) is 0 Å². The summed E-state index contributed by atoms with van der Waals surface area (Å²) < 4.78 is 65.0. The molecule has 0 N–H and O–H groups in total. The van der Waals surface area contributed by atoms with Gasteiger partial charge in [-0.1, -0.05) is 70.7 Å². The second kappa shape index (κ2) is 13.8. The maximum atomic E-state index is 13.9. The number of nitrogens with zero attached hydrogens (tertiary/aromatic N) is 6. The molecule has 12 heteroatoms. The Labute approximate surface area is 281 Å². The van der Waals surface area contributed by atoms with E-state index in [4.69, 9.17) is 0 Å². The third kappa shape index (κ3) is 7.56. The van der Waals surface area contributed by atoms with Crippen LogP contribution in [-0.4, -0.2) is 27.0 Å². The van der Waals surface area contributed by atoms with Crippen molar-refractivity contribution in [1.29, 1.82) is 0 Å². The Balaban J connectivity index is 0.000000183. The predicted molar refractivity (Wildman–Crippen MR) is 164 cm³/mol. The van der Waals surface area contributed by atoms with Gasteiger partial charge in [0, 0.05) is 37.4 Å². The molecule has 0 atom stereocenters. The van der Waals surface area contributed by atoms with Gasteiger partial charge in [0.2, 0.25) is 0 Å². The number of benzene rings is 3. The van der Waals surface area contributed by atoms with Crippen molar-refractivity contribution >= 4 is 16.6 Å². The molecule has 0 spiro atoms. The fraction of sp³-hybridized carbons (Fsp3) is 0.0857. The van der Waals surface area contributed by atoms with Crippen LogP contribution in [0.5, 0.6) is 0 Å². The first kappa shape index (κ1) is 33.4. The van der Waals surface area contributed by atoms with Crippen molar-refractivity contribution in [2.45, 2.75) is 13.1 Å². The summed E-state index contributed by atoms with van der Waals surface area (Å²) >= 11 is 0. The Kier molecular flexibility index (Phi) is 9.83. The van der Waals surface area contributed by atoms with Gasteiger partial charge in [-0.3, -0.25) is 18.7 Å². The first-order chi connectivity index (χ1) is 22.0. The van der Waals surface area contributed by atoms with E-state index < -0.39 is 23.5 Å². The second-order valence-electron chi connectivity index (χ2n) is 10.4. The van der Waals surface area contributed by atoms with Crippen molar-refractivity contribution in [1.82, 2.24) is 25.1 Å². The molecule has 6 nitrogen and oxygen atoms in total. The maximum Gasteiger partial charge on any atom is 0.431 e. The Morgan fingerprint density at radius 1 is 0.830 bits per heavy atom. The zero-order chi connectivity index (χ0) is 32.4. The number of pyridine rings is 2. The first-order valence-electron chi connectivity index (χ1n) is 13.9. The van der Waals surface area contributed by atoms with Gasteiger partial charge in [0.15, 0.2) is 0 Å². The van der Waals surface area contributed by atoms with Gasteiger partial charge in [-0.15, -0.1) is 48.0 Å². The van der Waals surface area contributed by atoms with Gasteiger partial charge < -0.3 is 20.0 Å². The maximum absolute atomic E-state index is 13.9. The number of hydrogen-bond acceptors (Lipinski definition) is 5. The van der Waals surface area contributed by atoms with E-state index in [1.54, 1.807) is 30.3 Å². The normalized spacial score (nSPS) is 12.6. The Bertz CT molecular complexity index is 2050. The van der Waals surface area contributed by atoms with Crippen LogP contribution >= 0.6 is 0 Å². The summed E-state index contributed by atoms with van der Waals surface area (Å²) in [6.07, 6.45) is -0.781. The van der Waals surface area contributed by atoms with Crippen LogP contribution in [0.15, 0.2) is 97.3 Å². The number of fused-ring (bicyclic) bond motifs is 1. The number of halogens is 5. The van der Waals surface area contributed by atoms with Gasteiger partial charge in [-0.05, 0) is 56.0 Å². The fourth-order valence-corrected chi connectivity index (χ4v) is 4.79. The Hall–Kier alpha value is -4.93. The van der Waals surface area contributed by atoms with Crippen LogP contribution in [0.1, 0.15) is 11.3 Å². The summed E-state index contributed by atoms with van der Waals surface area (Å²) in [4.78, 5) is 12.6. The van der Waals surface area contributed by atoms with Crippen molar-refractivity contribution in [3.63, 3.8) is 0 Å². The number of hydrogen-bond donors (Lipinski definition) is 0. The Morgan fingerprint density at radius 3 is 2.34 bits per heavy atom. The molecular formula is C35H23F5IrN6-4. The van der Waals surface area contributed by atoms with Gasteiger partial charge in [0.05, 0.1) is 5.82 Å². The molecule has 1 aliphatic heterocycles. The van der Waals surface area contributed by atoms with Crippen LogP contribution in [0.3, 0.4) is 0 Å². The minimum atomic E-state index is -4.52. The van der Waals surface area contributed by atoms with Crippen LogP contribution in [0.2, 0.25) is 0 Å². The zero-order valence-electron chi connectivity index (χ0n) is 24.7. The summed E-state index contributed by atoms with van der Waals surface area (Å²) in [6.45, 7) is 3.76. The van der Waals surface area contributed by atoms with Crippen LogP contribution < -0.4 is 10.00 Å². The smallest absolute Gasteiger partial charge is 0.431 e. The third-order valence-corrected chi connectivity index (χ3v) is 6.92. The molecular weight excluding hydrogens is 792 g/mol. The number of rotatable bonds is 4. The average molecular weight is 815 g/mol. The van der Waals surface area contributed by atoms with E-state index in [-0.39, 0.29) is 31.4 Å². The van der Waals surface area contributed by atoms with Gasteiger partial charge in [0.1, 0.15) is 5.69 Å². The van der Waals surface area contributed by atoms with Crippen LogP contribution in [0.25, 0.3) is 44.7 Å². The minimum absolute atomic E-state index is 0. The number of anilines is 1. The number of alkyl halides is 3. The zero-order valence-corrected chi connectivity index (χ0v) is 27.1. The predicted octanol–water partition coefficient (Wildman–Crippen LogP) is 8.22. The van der Waals surface area contributed by atoms with Gasteiger partial charge in [-0.2, -0.15) is 13.2 Å². The van der Waals surface area contributed by atoms with E-state index >= 15 is 0 Å². The van der Waals surface area contributed by atoms with Crippen LogP contribution in [0.4, 0.5) is 27.8 Å². The summed E-state index contributed by atoms with van der Waals surface area (Å²) in [5.41, 5.74) is 2.34. The molecule has 0 aliphatic carbocycles. The molecule has 0 unspecified atom stereocenters. The third-order valence-electron chi connectivity index (χ3n) is 6.92. The van der Waals surface area contributed by atoms with Crippen molar-refractivity contribution < 1.29 is 42.1 Å². The standard InChI is InChI=1S/C19H10F3N3.C16H13F2N3.Ir/c20-19(21,22)18-11-17(24-25-18)16-10-4-9-15(23-16)14-8-3-6-12-5-1-2-7-13(12)14;1-11-7-15(13-4-3-12(17)9-14(13)18)19-16(8-11)21-6-5-20(2)10-21;/h1-7,9-11H;3,5-10H,1-2H3;/q2*-2;. The van der Waals surface area contributed by atoms with E-state index in [0.717, 1.165) is 40.1 Å². The summed E-state index contributed by atoms with van der Waals surface area (Å²) in [5, 5.41) is 8.81. The van der Waals surface area contributed by atoms with E-state index in [1.807, 2.05) is 79.2 Å². The van der Waals surface area contributed by atoms with E-state index in [2.05, 4.69) is 32.3 Å². The average Bonchev–Trinajstić information content (AvgIpc) is 3.71. The molecule has 0 amide bonds. The second-order valence-corrected chi connectivity index (χ2v) is 10.4. The molecule has 0 bridgehead atoms. The summed E-state index contributed by atoms with van der Waals surface area (Å²) in [7, 11) is 1.90. The van der Waals surface area contributed by atoms with Gasteiger partial charge in [-0.25, -0.2) is 0 Å². The largest absolute Gasteiger partial charge is 0.573 e. The van der Waals surface area contributed by atoms with Crippen LogP contribution in [-0.2, 0) is 26.3 Å². The van der Waals surface area contributed by atoms with Crippen molar-refractivity contribution in [3.8, 4) is 33.9 Å². The van der Waals surface area contributed by atoms with Crippen molar-refractivity contribution in [2.24, 2.45) is 0 Å². The van der Waals surface area contributed by atoms with Crippen molar-refractivity contribution in [2.75, 3.05) is 11.9 Å². The molecule has 6 aromatic rings. The molecule has 1 aliphatic rings. The monoisotopic (exact) mass is 815 g/mol. The summed E-state index contributed by atoms with van der Waals surface area (Å²) in [6, 6.07) is 28.9. The minimum Gasteiger partial charge on any atom is -0.573 e. The molecule has 7 rings (SSSR count). The number of aryl methyl sites for hydroxylation is 1. The van der Waals surface area contributed by atoms with E-state index in [0.29, 0.717) is 22.9 Å². The molecule has 0 saturated heterocycles. The fourth-order valence-electron chi connectivity index (χ4n) is 4.79. The first-order valence-corrected chi connectivity index (χ1v) is 13.9. The summed E-state index contributed by atoms with van der Waals surface area (Å²) in [5.74, 6) is -0.651.